The number of hydrogen-bond acceptors (Lipinski definition) is 12. The number of nitrogen functional groups attached to an aromatic ring is 2. The van der Waals surface area contributed by atoms with Crippen molar-refractivity contribution in [3.63, 3.8) is 0 Å². The summed E-state index contributed by atoms with van der Waals surface area (Å²) in [4.78, 5) is 41.2. The van der Waals surface area contributed by atoms with Crippen LogP contribution in [0.4, 0.5) is 20.5 Å². The fourth-order valence-electron chi connectivity index (χ4n) is 5.52. The van der Waals surface area contributed by atoms with Gasteiger partial charge in [-0.25, -0.2) is 23.7 Å². The maximum Gasteiger partial charge on any atom is 0.325 e. The van der Waals surface area contributed by atoms with Crippen LogP contribution in [0, 0.1) is 17.7 Å². The number of aliphatic hydroxyl groups excluding tert-OH is 1. The fourth-order valence-corrected chi connectivity index (χ4v) is 6.93. The molecule has 7 N–H and O–H groups in total. The van der Waals surface area contributed by atoms with Gasteiger partial charge in [-0.2, -0.15) is 4.98 Å². The molecule has 15 nitrogen and oxygen atoms in total. The highest BCUT2D eigenvalue weighted by Gasteiger charge is 2.45. The summed E-state index contributed by atoms with van der Waals surface area (Å²) in [5.41, 5.74) is 10.8. The molecular weight excluding hydrogens is 587 g/mol. The van der Waals surface area contributed by atoms with Crippen LogP contribution in [0.1, 0.15) is 32.2 Å². The summed E-state index contributed by atoms with van der Waals surface area (Å²) in [6, 6.07) is 0. The summed E-state index contributed by atoms with van der Waals surface area (Å²) < 4.78 is 50.5. The summed E-state index contributed by atoms with van der Waals surface area (Å²) in [7, 11) is 0. The molecule has 0 radical (unpaired) electrons. The van der Waals surface area contributed by atoms with Crippen molar-refractivity contribution in [2.75, 3.05) is 18.1 Å². The summed E-state index contributed by atoms with van der Waals surface area (Å²) in [6.45, 7) is -2.73. The Balaban J connectivity index is 1.30. The lowest BCUT2D eigenvalue weighted by atomic mass is 9.86. The Kier molecular flexibility index (Phi) is 7.04. The van der Waals surface area contributed by atoms with Crippen molar-refractivity contribution in [3.8, 4) is 0 Å². The number of aromatic nitrogens is 7. The third-order valence-electron chi connectivity index (χ3n) is 7.48. The first-order valence-corrected chi connectivity index (χ1v) is 15.1. The van der Waals surface area contributed by atoms with Gasteiger partial charge in [-0.3, -0.25) is 18.9 Å². The smallest absolute Gasteiger partial charge is 0.325 e. The fraction of sp³-hybridized carbons (Fsp3) is 0.500. The average Bonchev–Trinajstić information content (AvgIpc) is 3.61. The van der Waals surface area contributed by atoms with Crippen LogP contribution in [0.15, 0.2) is 23.6 Å². The lowest BCUT2D eigenvalue weighted by Gasteiger charge is -2.35. The third kappa shape index (κ3) is 4.98. The number of aliphatic hydroxyl groups is 1. The van der Waals surface area contributed by atoms with E-state index in [-0.39, 0.29) is 52.9 Å². The van der Waals surface area contributed by atoms with E-state index in [1.54, 1.807) is 6.92 Å². The van der Waals surface area contributed by atoms with E-state index in [1.807, 2.05) is 0 Å². The highest BCUT2D eigenvalue weighted by atomic mass is 32.5. The van der Waals surface area contributed by atoms with E-state index < -0.39 is 54.8 Å². The predicted molar refractivity (Wildman–Crippen MR) is 144 cm³/mol. The number of H-pyrrole nitrogens is 1. The molecule has 2 aliphatic rings. The number of aromatic amines is 1. The molecule has 0 saturated carbocycles. The molecule has 0 amide bonds. The van der Waals surface area contributed by atoms with Gasteiger partial charge in [0.05, 0.1) is 24.4 Å². The molecule has 0 spiro atoms. The molecule has 2 aliphatic heterocycles. The Morgan fingerprint density at radius 1 is 1.27 bits per heavy atom. The number of imidazole rings is 1. The van der Waals surface area contributed by atoms with Crippen LogP contribution in [-0.2, 0) is 25.6 Å². The van der Waals surface area contributed by atoms with Gasteiger partial charge in [-0.05, 0) is 36.5 Å². The molecule has 6 heterocycles. The lowest BCUT2D eigenvalue weighted by molar-refractivity contribution is -0.0848. The van der Waals surface area contributed by atoms with E-state index in [1.165, 1.54) is 17.1 Å². The van der Waals surface area contributed by atoms with Crippen molar-refractivity contribution in [2.45, 2.75) is 50.6 Å². The molecule has 220 valence electrons. The molecule has 0 aromatic carbocycles. The van der Waals surface area contributed by atoms with Crippen LogP contribution in [-0.4, -0.2) is 69.0 Å². The summed E-state index contributed by atoms with van der Waals surface area (Å²) in [5, 5.41) is 11.3. The van der Waals surface area contributed by atoms with E-state index in [0.717, 1.165) is 10.9 Å². The van der Waals surface area contributed by atoms with E-state index >= 15 is 4.39 Å². The Morgan fingerprint density at radius 3 is 2.83 bits per heavy atom. The first kappa shape index (κ1) is 28.0. The molecule has 41 heavy (non-hydrogen) atoms. The monoisotopic (exact) mass is 613 g/mol. The van der Waals surface area contributed by atoms with E-state index in [2.05, 4.69) is 24.9 Å². The van der Waals surface area contributed by atoms with Gasteiger partial charge in [0.1, 0.15) is 30.6 Å². The number of halogens is 2. The lowest BCUT2D eigenvalue weighted by Crippen LogP contribution is -2.40. The van der Waals surface area contributed by atoms with Gasteiger partial charge < -0.3 is 35.3 Å². The molecule has 3 unspecified atom stereocenters. The number of nitrogens with two attached hydrogens (primary N) is 2. The van der Waals surface area contributed by atoms with Gasteiger partial charge in [0.15, 0.2) is 28.9 Å². The minimum atomic E-state index is -4.14. The zero-order chi connectivity index (χ0) is 29.2. The molecule has 4 aromatic rings. The van der Waals surface area contributed by atoms with Gasteiger partial charge in [0.2, 0.25) is 5.95 Å². The normalized spacial score (nSPS) is 31.8. The van der Waals surface area contributed by atoms with Gasteiger partial charge in [0, 0.05) is 6.20 Å². The standard InChI is InChI=1S/C22H26F2N9O6PS/c1-8-2-9-3-12(32-4-10(23)13-17(25)27-6-28-18(13)32)38-11(9)5-37-40(36,41)39-16(14(8)24)21(35)33-7-29-15-19(33)30-22(26)31-20(15)34/h4,6-9,11-12,14,16,21,35H,2-3,5H2,1H3,(H,36,41)(H2,25,27,28)(H3,26,30,31,34)/t8?,9?,11-,12-,14-,16-,21-,40?/m1/s1. The second-order valence-electron chi connectivity index (χ2n) is 10.1. The summed E-state index contributed by atoms with van der Waals surface area (Å²) in [5.74, 6) is -1.93. The molecule has 4 aromatic heterocycles. The number of fused-ring (bicyclic) bond motifs is 3. The summed E-state index contributed by atoms with van der Waals surface area (Å²) >= 11 is 5.15. The number of nitrogens with zero attached hydrogens (tertiary/aromatic N) is 6. The first-order chi connectivity index (χ1) is 19.4. The SMILES string of the molecule is CC1CC2C[C@H](n3cc(F)c4c(N)ncnc43)O[C@@H]2COP(O)(=S)O[C@@H]([C@@H](O)n2cnc3c(=O)[nH]c(N)nc32)[C@@H]1F. The quantitative estimate of drug-likeness (QED) is 0.206. The summed E-state index contributed by atoms with van der Waals surface area (Å²) in [6.07, 6.45) is -2.67. The van der Waals surface area contributed by atoms with Crippen LogP contribution < -0.4 is 17.0 Å². The van der Waals surface area contributed by atoms with Crippen LogP contribution in [0.2, 0.25) is 0 Å². The van der Waals surface area contributed by atoms with E-state index in [9.17, 15) is 19.2 Å². The number of rotatable bonds is 3. The molecule has 2 fully saturated rings. The van der Waals surface area contributed by atoms with Crippen molar-refractivity contribution in [3.05, 3.63) is 35.0 Å². The molecule has 8 atom stereocenters. The number of nitrogens with one attached hydrogen (secondary N) is 1. The molecule has 0 bridgehead atoms. The molecular formula is C22H26F2N9O6PS. The zero-order valence-electron chi connectivity index (χ0n) is 21.4. The van der Waals surface area contributed by atoms with E-state index in [4.69, 9.17) is 37.1 Å². The number of anilines is 2. The maximum absolute atomic E-state index is 16.1. The van der Waals surface area contributed by atoms with Crippen molar-refractivity contribution in [2.24, 2.45) is 11.8 Å². The van der Waals surface area contributed by atoms with Gasteiger partial charge in [-0.1, -0.05) is 6.92 Å². The Bertz CT molecular complexity index is 1730. The van der Waals surface area contributed by atoms with Gasteiger partial charge in [-0.15, -0.1) is 0 Å². The zero-order valence-corrected chi connectivity index (χ0v) is 23.1. The number of ether oxygens (including phenoxy) is 1. The van der Waals surface area contributed by atoms with E-state index in [0.29, 0.717) is 6.42 Å². The highest BCUT2D eigenvalue weighted by Crippen LogP contribution is 2.51. The Labute approximate surface area is 234 Å². The third-order valence-corrected chi connectivity index (χ3v) is 9.04. The minimum Gasteiger partial charge on any atom is -0.383 e. The number of hydrogen-bond donors (Lipinski definition) is 5. The van der Waals surface area contributed by atoms with Crippen molar-refractivity contribution >= 4 is 52.5 Å². The van der Waals surface area contributed by atoms with Crippen LogP contribution in [0.3, 0.4) is 0 Å². The molecule has 2 saturated heterocycles. The van der Waals surface area contributed by atoms with Gasteiger partial charge in [0.25, 0.3) is 5.56 Å². The maximum atomic E-state index is 16.1. The Morgan fingerprint density at radius 2 is 2.05 bits per heavy atom. The van der Waals surface area contributed by atoms with Crippen LogP contribution in [0.25, 0.3) is 22.2 Å². The second kappa shape index (κ2) is 10.3. The average molecular weight is 614 g/mol. The van der Waals surface area contributed by atoms with Gasteiger partial charge >= 0.3 is 6.72 Å². The first-order valence-electron chi connectivity index (χ1n) is 12.6. The predicted octanol–water partition coefficient (Wildman–Crippen LogP) is 1.26. The highest BCUT2D eigenvalue weighted by molar-refractivity contribution is 8.07. The largest absolute Gasteiger partial charge is 0.383 e. The Hall–Kier alpha value is -3.12. The molecule has 6 rings (SSSR count). The number of alkyl halides is 1. The van der Waals surface area contributed by atoms with Crippen molar-refractivity contribution in [1.82, 2.24) is 34.1 Å². The van der Waals surface area contributed by atoms with Crippen molar-refractivity contribution < 1.29 is 32.6 Å². The second-order valence-corrected chi connectivity index (χ2v) is 12.9. The minimum absolute atomic E-state index is 0.0173. The van der Waals surface area contributed by atoms with Crippen molar-refractivity contribution in [1.29, 1.82) is 0 Å². The van der Waals surface area contributed by atoms with Crippen LogP contribution >= 0.6 is 6.72 Å². The molecule has 0 aliphatic carbocycles. The molecule has 19 heteroatoms. The van der Waals surface area contributed by atoms with Crippen LogP contribution in [0.5, 0.6) is 0 Å². The topological polar surface area (TPSA) is 214 Å².